The number of phosphoric ester groups is 1. The largest absolute Gasteiger partial charge is 0.481 e. The number of carbonyl (C=O) groups is 1. The van der Waals surface area contributed by atoms with Gasteiger partial charge in [-0.3, -0.25) is 13.8 Å². The zero-order chi connectivity index (χ0) is 18.1. The Hall–Kier alpha value is -0.540. The van der Waals surface area contributed by atoms with Crippen LogP contribution in [0.2, 0.25) is 0 Å². The van der Waals surface area contributed by atoms with Crippen molar-refractivity contribution in [3.8, 4) is 0 Å². The van der Waals surface area contributed by atoms with Crippen molar-refractivity contribution in [1.29, 1.82) is 0 Å². The Balaban J connectivity index is 4.43. The first-order valence-corrected chi connectivity index (χ1v) is 8.93. The summed E-state index contributed by atoms with van der Waals surface area (Å²) in [6.07, 6.45) is -1.65. The van der Waals surface area contributed by atoms with Gasteiger partial charge in [-0.2, -0.15) is 0 Å². The lowest BCUT2D eigenvalue weighted by Crippen LogP contribution is -2.37. The van der Waals surface area contributed by atoms with Gasteiger partial charge in [-0.05, 0) is 12.8 Å². The molecule has 4 N–H and O–H groups in total. The summed E-state index contributed by atoms with van der Waals surface area (Å²) in [5.41, 5.74) is 0. The molecule has 2 unspecified atom stereocenters. The summed E-state index contributed by atoms with van der Waals surface area (Å²) < 4.78 is 22.2. The van der Waals surface area contributed by atoms with Crippen LogP contribution >= 0.6 is 7.82 Å². The van der Waals surface area contributed by atoms with E-state index in [2.05, 4.69) is 0 Å². The predicted octanol–water partition coefficient (Wildman–Crippen LogP) is 0.193. The molecule has 0 spiro atoms. The van der Waals surface area contributed by atoms with Gasteiger partial charge >= 0.3 is 13.8 Å². The summed E-state index contributed by atoms with van der Waals surface area (Å²) in [7, 11) is 1.32. The zero-order valence-electron chi connectivity index (χ0n) is 13.9. The van der Waals surface area contributed by atoms with Crippen molar-refractivity contribution in [1.82, 2.24) is 0 Å². The number of aliphatic hydroxyl groups excluding tert-OH is 2. The average molecular weight is 358 g/mol. The minimum absolute atomic E-state index is 0.00175. The number of nitrogens with zero attached hydrogens (tertiary/aromatic N) is 1. The van der Waals surface area contributed by atoms with E-state index in [-0.39, 0.29) is 19.4 Å². The Morgan fingerprint density at radius 1 is 1.26 bits per heavy atom. The lowest BCUT2D eigenvalue weighted by molar-refractivity contribution is -0.870. The third-order valence-corrected chi connectivity index (χ3v) is 4.08. The van der Waals surface area contributed by atoms with E-state index in [1.807, 2.05) is 21.1 Å². The van der Waals surface area contributed by atoms with Gasteiger partial charge in [-0.1, -0.05) is 6.42 Å². The van der Waals surface area contributed by atoms with Crippen molar-refractivity contribution in [2.75, 3.05) is 40.9 Å². The van der Waals surface area contributed by atoms with Gasteiger partial charge in [-0.25, -0.2) is 4.57 Å². The molecule has 138 valence electrons. The van der Waals surface area contributed by atoms with Crippen LogP contribution in [0.1, 0.15) is 25.7 Å². The van der Waals surface area contributed by atoms with Crippen LogP contribution in [0.4, 0.5) is 0 Å². The lowest BCUT2D eigenvalue weighted by Gasteiger charge is -2.26. The van der Waals surface area contributed by atoms with Gasteiger partial charge < -0.3 is 24.7 Å². The van der Waals surface area contributed by atoms with Crippen molar-refractivity contribution in [2.24, 2.45) is 0 Å². The van der Waals surface area contributed by atoms with E-state index in [0.29, 0.717) is 23.9 Å². The molecular formula is C13H29NO8P+. The van der Waals surface area contributed by atoms with E-state index >= 15 is 0 Å². The van der Waals surface area contributed by atoms with Gasteiger partial charge in [0, 0.05) is 6.42 Å². The van der Waals surface area contributed by atoms with Gasteiger partial charge in [-0.15, -0.1) is 0 Å². The van der Waals surface area contributed by atoms with E-state index in [0.717, 1.165) is 0 Å². The molecule has 0 aliphatic rings. The number of carboxylic acids is 1. The second kappa shape index (κ2) is 10.4. The highest BCUT2D eigenvalue weighted by Crippen LogP contribution is 2.45. The molecule has 0 rings (SSSR count). The molecule has 0 saturated carbocycles. The fourth-order valence-corrected chi connectivity index (χ4v) is 2.65. The molecule has 10 heteroatoms. The minimum atomic E-state index is -4.37. The first-order valence-electron chi connectivity index (χ1n) is 7.44. The molecule has 0 fully saturated rings. The van der Waals surface area contributed by atoms with Gasteiger partial charge in [0.25, 0.3) is 0 Å². The summed E-state index contributed by atoms with van der Waals surface area (Å²) in [5.74, 6) is -0.943. The number of aliphatic carboxylic acids is 1. The molecule has 0 aliphatic heterocycles. The van der Waals surface area contributed by atoms with E-state index < -0.39 is 32.6 Å². The van der Waals surface area contributed by atoms with E-state index in [1.165, 1.54) is 0 Å². The highest BCUT2D eigenvalue weighted by atomic mass is 31.2. The van der Waals surface area contributed by atoms with Crippen LogP contribution in [0.25, 0.3) is 0 Å². The molecule has 9 nitrogen and oxygen atoms in total. The molecule has 0 heterocycles. The Bertz CT molecular complexity index is 398. The second-order valence-corrected chi connectivity index (χ2v) is 7.76. The van der Waals surface area contributed by atoms with Gasteiger partial charge in [0.15, 0.2) is 0 Å². The number of hydrogen-bond donors (Lipinski definition) is 4. The summed E-state index contributed by atoms with van der Waals surface area (Å²) in [5, 5.41) is 27.2. The third-order valence-electron chi connectivity index (χ3n) is 3.03. The highest BCUT2D eigenvalue weighted by Gasteiger charge is 2.31. The van der Waals surface area contributed by atoms with Gasteiger partial charge in [0.2, 0.25) is 0 Å². The molecule has 0 aliphatic carbocycles. The monoisotopic (exact) mass is 358 g/mol. The number of likely N-dealkylation sites (N-methyl/N-ethyl adjacent to an activating group) is 1. The standard InChI is InChI=1S/C13H28NO8P/c1-14(2,3)8-9-21-23(19,20)22-12(11(16)10-15)6-4-5-7-13(17)18/h11-12,15-16H,4-10H2,1-3H3,(H-,17,18,19,20)/p+1/t11-,12?/m0/s1. The van der Waals surface area contributed by atoms with Crippen molar-refractivity contribution < 1.29 is 43.1 Å². The minimum Gasteiger partial charge on any atom is -0.481 e. The summed E-state index contributed by atoms with van der Waals surface area (Å²) in [4.78, 5) is 20.1. The van der Waals surface area contributed by atoms with Gasteiger partial charge in [0.1, 0.15) is 19.3 Å². The number of hydrogen-bond acceptors (Lipinski definition) is 6. The van der Waals surface area contributed by atoms with Crippen molar-refractivity contribution in [3.63, 3.8) is 0 Å². The fourth-order valence-electron chi connectivity index (χ4n) is 1.69. The summed E-state index contributed by atoms with van der Waals surface area (Å²) >= 11 is 0. The maximum absolute atomic E-state index is 11.9. The van der Waals surface area contributed by atoms with Gasteiger partial charge in [0.05, 0.1) is 33.9 Å². The van der Waals surface area contributed by atoms with Crippen LogP contribution in [-0.4, -0.2) is 83.8 Å². The Morgan fingerprint density at radius 2 is 1.87 bits per heavy atom. The molecule has 0 saturated heterocycles. The van der Waals surface area contributed by atoms with Crippen molar-refractivity contribution in [3.05, 3.63) is 0 Å². The first kappa shape index (κ1) is 22.5. The molecule has 3 atom stereocenters. The highest BCUT2D eigenvalue weighted by molar-refractivity contribution is 7.47. The van der Waals surface area contributed by atoms with Crippen molar-refractivity contribution >= 4 is 13.8 Å². The number of carboxylic acid groups (broad SMARTS) is 1. The quantitative estimate of drug-likeness (QED) is 0.208. The third kappa shape index (κ3) is 12.5. The number of quaternary nitrogens is 1. The number of rotatable bonds is 13. The molecule has 0 bridgehead atoms. The number of aliphatic hydroxyl groups is 2. The molecule has 0 amide bonds. The molecule has 0 aromatic rings. The van der Waals surface area contributed by atoms with Crippen LogP contribution in [-0.2, 0) is 18.4 Å². The lowest BCUT2D eigenvalue weighted by atomic mass is 10.1. The summed E-state index contributed by atoms with van der Waals surface area (Å²) in [6, 6.07) is 0. The maximum atomic E-state index is 11.9. The normalized spacial score (nSPS) is 17.5. The van der Waals surface area contributed by atoms with Crippen LogP contribution in [0.15, 0.2) is 0 Å². The molecular weight excluding hydrogens is 329 g/mol. The number of unbranched alkanes of at least 4 members (excludes halogenated alkanes) is 1. The second-order valence-electron chi connectivity index (χ2n) is 6.35. The first-order chi connectivity index (χ1) is 10.5. The SMILES string of the molecule is C[N+](C)(C)CCOP(=O)(O)OC(CCCCC(=O)O)[C@@H](O)CO. The smallest absolute Gasteiger partial charge is 0.472 e. The Kier molecular flexibility index (Phi) is 10.1. The average Bonchev–Trinajstić information content (AvgIpc) is 2.39. The predicted molar refractivity (Wildman–Crippen MR) is 82.7 cm³/mol. The molecule has 0 aromatic carbocycles. The molecule has 0 aromatic heterocycles. The maximum Gasteiger partial charge on any atom is 0.472 e. The van der Waals surface area contributed by atoms with E-state index in [1.54, 1.807) is 0 Å². The zero-order valence-corrected chi connectivity index (χ0v) is 14.8. The fraction of sp³-hybridized carbons (Fsp3) is 0.923. The Morgan fingerprint density at radius 3 is 2.35 bits per heavy atom. The number of phosphoric acid groups is 1. The summed E-state index contributed by atoms with van der Waals surface area (Å²) in [6.45, 7) is -0.152. The van der Waals surface area contributed by atoms with Crippen LogP contribution < -0.4 is 0 Å². The van der Waals surface area contributed by atoms with Crippen LogP contribution in [0.5, 0.6) is 0 Å². The molecule has 23 heavy (non-hydrogen) atoms. The molecule has 0 radical (unpaired) electrons. The van der Waals surface area contributed by atoms with Crippen molar-refractivity contribution in [2.45, 2.75) is 37.9 Å². The van der Waals surface area contributed by atoms with Crippen LogP contribution in [0.3, 0.4) is 0 Å². The van der Waals surface area contributed by atoms with Crippen LogP contribution in [0, 0.1) is 0 Å². The van der Waals surface area contributed by atoms with E-state index in [4.69, 9.17) is 19.3 Å². The topological polar surface area (TPSA) is 134 Å². The van der Waals surface area contributed by atoms with E-state index in [9.17, 15) is 19.4 Å². The Labute approximate surface area is 136 Å².